The number of allylic oxidation sites excluding steroid dienone is 3. The zero-order chi connectivity index (χ0) is 18.2. The van der Waals surface area contributed by atoms with Crippen LogP contribution in [0.4, 0.5) is 21.8 Å². The number of rotatable bonds is 7. The molecule has 0 amide bonds. The number of anilines is 3. The third-order valence-corrected chi connectivity index (χ3v) is 4.11. The van der Waals surface area contributed by atoms with Gasteiger partial charge in [0.2, 0.25) is 5.95 Å². The summed E-state index contributed by atoms with van der Waals surface area (Å²) in [6.07, 6.45) is 6.50. The van der Waals surface area contributed by atoms with Crippen LogP contribution in [0.15, 0.2) is 65.1 Å². The van der Waals surface area contributed by atoms with Crippen LogP contribution in [0.5, 0.6) is 0 Å². The summed E-state index contributed by atoms with van der Waals surface area (Å²) in [6, 6.07) is 6.71. The first-order valence-corrected chi connectivity index (χ1v) is 8.36. The minimum atomic E-state index is -0.338. The summed E-state index contributed by atoms with van der Waals surface area (Å²) < 4.78 is 14.4. The number of nitrogens with two attached hydrogens (primary N) is 1. The van der Waals surface area contributed by atoms with E-state index in [1.807, 2.05) is 6.92 Å². The van der Waals surface area contributed by atoms with Gasteiger partial charge in [-0.15, -0.1) is 0 Å². The van der Waals surface area contributed by atoms with Crippen molar-refractivity contribution < 1.29 is 4.39 Å². The third-order valence-electron chi connectivity index (χ3n) is 3.05. The number of halogens is 1. The maximum atomic E-state index is 14.4. The Morgan fingerprint density at radius 2 is 2.12 bits per heavy atom. The Kier molecular flexibility index (Phi) is 6.59. The van der Waals surface area contributed by atoms with Gasteiger partial charge in [0.25, 0.3) is 0 Å². The zero-order valence-electron chi connectivity index (χ0n) is 14.1. The highest BCUT2D eigenvalue weighted by Gasteiger charge is 2.08. The molecule has 0 aliphatic carbocycles. The predicted molar refractivity (Wildman–Crippen MR) is 103 cm³/mol. The van der Waals surface area contributed by atoms with Crippen LogP contribution in [-0.2, 0) is 0 Å². The first-order chi connectivity index (χ1) is 12.0. The van der Waals surface area contributed by atoms with Crippen molar-refractivity contribution in [1.29, 1.82) is 0 Å². The average Bonchev–Trinajstić information content (AvgIpc) is 2.57. The van der Waals surface area contributed by atoms with Gasteiger partial charge in [0.05, 0.1) is 0 Å². The highest BCUT2D eigenvalue weighted by atomic mass is 32.2. The number of hydrogen-bond acceptors (Lipinski definition) is 6. The molecule has 0 spiro atoms. The average molecular weight is 357 g/mol. The highest BCUT2D eigenvalue weighted by Crippen LogP contribution is 2.31. The van der Waals surface area contributed by atoms with Crippen LogP contribution in [0.2, 0.25) is 0 Å². The van der Waals surface area contributed by atoms with Crippen molar-refractivity contribution in [2.24, 2.45) is 5.73 Å². The molecule has 0 aliphatic heterocycles. The second kappa shape index (κ2) is 8.89. The van der Waals surface area contributed by atoms with Crippen LogP contribution in [0.25, 0.3) is 0 Å². The standard InChI is InChI=1S/C18H20FN5S/c1-4-5-14(8-9-20)25-16-7-6-13(11-15(16)19)23-17-10-12(2)22-18(21-3)24-17/h4-11H,1,20H2,2-3H3,(H2,21,22,23,24)/b9-8-,14-5+. The van der Waals surface area contributed by atoms with Crippen LogP contribution in [0.3, 0.4) is 0 Å². The van der Waals surface area contributed by atoms with Crippen LogP contribution < -0.4 is 16.4 Å². The van der Waals surface area contributed by atoms with Gasteiger partial charge in [-0.3, -0.25) is 0 Å². The Hall–Kier alpha value is -2.80. The summed E-state index contributed by atoms with van der Waals surface area (Å²) in [5, 5.41) is 5.98. The summed E-state index contributed by atoms with van der Waals surface area (Å²) in [4.78, 5) is 9.80. The lowest BCUT2D eigenvalue weighted by atomic mass is 10.3. The molecule has 7 heteroatoms. The van der Waals surface area contributed by atoms with E-state index in [9.17, 15) is 4.39 Å². The van der Waals surface area contributed by atoms with Gasteiger partial charge in [0, 0.05) is 34.3 Å². The highest BCUT2D eigenvalue weighted by molar-refractivity contribution is 8.03. The minimum absolute atomic E-state index is 0.338. The quantitative estimate of drug-likeness (QED) is 0.505. The van der Waals surface area contributed by atoms with Crippen molar-refractivity contribution in [1.82, 2.24) is 9.97 Å². The lowest BCUT2D eigenvalue weighted by Crippen LogP contribution is -2.02. The summed E-state index contributed by atoms with van der Waals surface area (Å²) in [5.74, 6) is 0.757. The van der Waals surface area contributed by atoms with Gasteiger partial charge in [-0.1, -0.05) is 24.4 Å². The van der Waals surface area contributed by atoms with E-state index in [0.29, 0.717) is 22.3 Å². The van der Waals surface area contributed by atoms with Gasteiger partial charge in [0.1, 0.15) is 11.6 Å². The molecule has 0 unspecified atom stereocenters. The Morgan fingerprint density at radius 3 is 2.76 bits per heavy atom. The largest absolute Gasteiger partial charge is 0.405 e. The van der Waals surface area contributed by atoms with Crippen molar-refractivity contribution in [3.05, 3.63) is 71.7 Å². The molecule has 0 radical (unpaired) electrons. The van der Waals surface area contributed by atoms with Gasteiger partial charge in [-0.2, -0.15) is 4.98 Å². The topological polar surface area (TPSA) is 75.9 Å². The van der Waals surface area contributed by atoms with Crippen molar-refractivity contribution in [3.63, 3.8) is 0 Å². The Labute approximate surface area is 151 Å². The van der Waals surface area contributed by atoms with E-state index in [4.69, 9.17) is 5.73 Å². The molecular weight excluding hydrogens is 337 g/mol. The SMILES string of the molecule is C=C/C=C(\C=C/N)Sc1ccc(Nc2cc(C)nc(NC)n2)cc1F. The Balaban J connectivity index is 2.20. The lowest BCUT2D eigenvalue weighted by molar-refractivity contribution is 0.603. The second-order valence-corrected chi connectivity index (χ2v) is 6.12. The van der Waals surface area contributed by atoms with E-state index in [1.54, 1.807) is 43.5 Å². The first kappa shape index (κ1) is 18.5. The van der Waals surface area contributed by atoms with Crippen LogP contribution in [0.1, 0.15) is 5.69 Å². The molecule has 1 aromatic carbocycles. The van der Waals surface area contributed by atoms with E-state index >= 15 is 0 Å². The van der Waals surface area contributed by atoms with Crippen molar-refractivity contribution in [2.45, 2.75) is 11.8 Å². The second-order valence-electron chi connectivity index (χ2n) is 5.00. The van der Waals surface area contributed by atoms with Crippen LogP contribution in [-0.4, -0.2) is 17.0 Å². The molecule has 1 aromatic heterocycles. The van der Waals surface area contributed by atoms with E-state index < -0.39 is 0 Å². The van der Waals surface area contributed by atoms with Gasteiger partial charge < -0.3 is 16.4 Å². The summed E-state index contributed by atoms with van der Waals surface area (Å²) >= 11 is 1.27. The maximum Gasteiger partial charge on any atom is 0.224 e. The molecule has 0 bridgehead atoms. The van der Waals surface area contributed by atoms with E-state index in [-0.39, 0.29) is 5.82 Å². The van der Waals surface area contributed by atoms with E-state index in [2.05, 4.69) is 27.2 Å². The normalized spacial score (nSPS) is 11.6. The summed E-state index contributed by atoms with van der Waals surface area (Å²) in [7, 11) is 1.74. The Bertz CT molecular complexity index is 817. The van der Waals surface area contributed by atoms with Gasteiger partial charge in [0.15, 0.2) is 0 Å². The molecule has 0 saturated carbocycles. The van der Waals surface area contributed by atoms with Crippen molar-refractivity contribution in [3.8, 4) is 0 Å². The number of nitrogens with zero attached hydrogens (tertiary/aromatic N) is 2. The van der Waals surface area contributed by atoms with Gasteiger partial charge in [-0.05, 0) is 43.5 Å². The minimum Gasteiger partial charge on any atom is -0.405 e. The third kappa shape index (κ3) is 5.36. The molecule has 0 atom stereocenters. The van der Waals surface area contributed by atoms with Crippen LogP contribution >= 0.6 is 11.8 Å². The molecule has 2 aromatic rings. The van der Waals surface area contributed by atoms with Gasteiger partial charge in [-0.25, -0.2) is 9.37 Å². The molecule has 0 aliphatic rings. The number of hydrogen-bond donors (Lipinski definition) is 3. The number of aryl methyl sites for hydroxylation is 1. The number of aromatic nitrogens is 2. The first-order valence-electron chi connectivity index (χ1n) is 7.54. The fourth-order valence-electron chi connectivity index (χ4n) is 2.02. The van der Waals surface area contributed by atoms with Gasteiger partial charge >= 0.3 is 0 Å². The molecule has 25 heavy (non-hydrogen) atoms. The number of thioether (sulfide) groups is 1. The zero-order valence-corrected chi connectivity index (χ0v) is 14.9. The van der Waals surface area contributed by atoms with Crippen LogP contribution in [0, 0.1) is 12.7 Å². The molecule has 2 rings (SSSR count). The maximum absolute atomic E-state index is 14.4. The summed E-state index contributed by atoms with van der Waals surface area (Å²) in [5.41, 5.74) is 6.82. The van der Waals surface area contributed by atoms with E-state index in [0.717, 1.165) is 10.6 Å². The number of benzene rings is 1. The molecule has 4 N–H and O–H groups in total. The lowest BCUT2D eigenvalue weighted by Gasteiger charge is -2.10. The van der Waals surface area contributed by atoms with Crippen molar-refractivity contribution in [2.75, 3.05) is 17.7 Å². The molecule has 0 fully saturated rings. The fraction of sp³-hybridized carbons (Fsp3) is 0.111. The van der Waals surface area contributed by atoms with E-state index in [1.165, 1.54) is 24.0 Å². The smallest absolute Gasteiger partial charge is 0.224 e. The van der Waals surface area contributed by atoms with Crippen molar-refractivity contribution >= 4 is 29.2 Å². The summed E-state index contributed by atoms with van der Waals surface area (Å²) in [6.45, 7) is 5.51. The monoisotopic (exact) mass is 357 g/mol. The molecule has 130 valence electrons. The molecule has 5 nitrogen and oxygen atoms in total. The molecule has 1 heterocycles. The molecular formula is C18H20FN5S. The molecule has 0 saturated heterocycles. The predicted octanol–water partition coefficient (Wildman–Crippen LogP) is 4.34. The Morgan fingerprint density at radius 1 is 1.32 bits per heavy atom. The fourth-order valence-corrected chi connectivity index (χ4v) is 2.87. The number of nitrogens with one attached hydrogen (secondary N) is 2.